The third-order valence-electron chi connectivity index (χ3n) is 2.34. The maximum Gasteiger partial charge on any atom is 0.389 e. The van der Waals surface area contributed by atoms with Crippen LogP contribution in [0.4, 0.5) is 13.2 Å². The van der Waals surface area contributed by atoms with Gasteiger partial charge in [-0.05, 0) is 40.0 Å². The summed E-state index contributed by atoms with van der Waals surface area (Å²) < 4.78 is 41.8. The second-order valence-corrected chi connectivity index (χ2v) is 4.51. The van der Waals surface area contributed by atoms with Crippen molar-refractivity contribution in [3.63, 3.8) is 0 Å². The largest absolute Gasteiger partial charge is 0.496 e. The summed E-state index contributed by atoms with van der Waals surface area (Å²) in [6, 6.07) is 4.40. The molecule has 0 saturated carbocycles. The fraction of sp³-hybridized carbons (Fsp3) is 0.455. The molecule has 1 aromatic rings. The first-order valence-electron chi connectivity index (χ1n) is 4.99. The molecule has 0 aliphatic carbocycles. The third-order valence-corrected chi connectivity index (χ3v) is 2.96. The van der Waals surface area contributed by atoms with Gasteiger partial charge in [-0.3, -0.25) is 0 Å². The van der Waals surface area contributed by atoms with Gasteiger partial charge in [-0.15, -0.1) is 12.4 Å². The molecular formula is C11H14BrClF3NO. The number of methoxy groups -OCH3 is 1. The highest BCUT2D eigenvalue weighted by molar-refractivity contribution is 9.10. The van der Waals surface area contributed by atoms with Crippen LogP contribution < -0.4 is 10.5 Å². The van der Waals surface area contributed by atoms with E-state index < -0.39 is 18.6 Å². The minimum atomic E-state index is -4.17. The van der Waals surface area contributed by atoms with Crippen LogP contribution in [-0.4, -0.2) is 13.3 Å². The molecule has 0 heterocycles. The summed E-state index contributed by atoms with van der Waals surface area (Å²) in [6.07, 6.45) is -5.17. The van der Waals surface area contributed by atoms with E-state index in [4.69, 9.17) is 10.5 Å². The SMILES string of the molecule is COc1ccc([C@@H](N)CCC(F)(F)F)cc1Br.Cl. The van der Waals surface area contributed by atoms with Gasteiger partial charge in [-0.2, -0.15) is 13.2 Å². The predicted molar refractivity (Wildman–Crippen MR) is 70.2 cm³/mol. The van der Waals surface area contributed by atoms with Crippen LogP contribution in [0.3, 0.4) is 0 Å². The molecule has 104 valence electrons. The Morgan fingerprint density at radius 1 is 1.39 bits per heavy atom. The zero-order valence-electron chi connectivity index (χ0n) is 9.63. The van der Waals surface area contributed by atoms with Crippen molar-refractivity contribution < 1.29 is 17.9 Å². The lowest BCUT2D eigenvalue weighted by molar-refractivity contribution is -0.136. The molecule has 1 aromatic carbocycles. The first kappa shape index (κ1) is 17.5. The topological polar surface area (TPSA) is 35.2 Å². The van der Waals surface area contributed by atoms with E-state index in [9.17, 15) is 13.2 Å². The van der Waals surface area contributed by atoms with Crippen molar-refractivity contribution in [2.45, 2.75) is 25.1 Å². The van der Waals surface area contributed by atoms with Crippen LogP contribution in [0.2, 0.25) is 0 Å². The molecular weight excluding hydrogens is 334 g/mol. The normalized spacial score (nSPS) is 12.8. The van der Waals surface area contributed by atoms with Gasteiger partial charge in [0.05, 0.1) is 11.6 Å². The number of hydrogen-bond donors (Lipinski definition) is 1. The Kier molecular flexibility index (Phi) is 7.02. The molecule has 18 heavy (non-hydrogen) atoms. The summed E-state index contributed by atoms with van der Waals surface area (Å²) in [7, 11) is 1.52. The van der Waals surface area contributed by atoms with Gasteiger partial charge in [0.15, 0.2) is 0 Å². The van der Waals surface area contributed by atoms with Crippen LogP contribution in [0, 0.1) is 0 Å². The molecule has 2 N–H and O–H groups in total. The Bertz CT molecular complexity index is 387. The Labute approximate surface area is 118 Å². The van der Waals surface area contributed by atoms with E-state index in [0.717, 1.165) is 0 Å². The third kappa shape index (κ3) is 5.46. The summed E-state index contributed by atoms with van der Waals surface area (Å²) in [5, 5.41) is 0. The number of ether oxygens (including phenoxy) is 1. The molecule has 1 rings (SSSR count). The number of halogens is 5. The monoisotopic (exact) mass is 347 g/mol. The van der Waals surface area contributed by atoms with E-state index in [1.54, 1.807) is 18.2 Å². The van der Waals surface area contributed by atoms with E-state index in [0.29, 0.717) is 15.8 Å². The van der Waals surface area contributed by atoms with E-state index in [1.165, 1.54) is 7.11 Å². The molecule has 0 spiro atoms. The first-order valence-corrected chi connectivity index (χ1v) is 5.78. The van der Waals surface area contributed by atoms with Crippen LogP contribution in [0.5, 0.6) is 5.75 Å². The molecule has 7 heteroatoms. The molecule has 0 aromatic heterocycles. The zero-order valence-corrected chi connectivity index (χ0v) is 12.0. The second kappa shape index (κ2) is 7.21. The number of hydrogen-bond acceptors (Lipinski definition) is 2. The fourth-order valence-electron chi connectivity index (χ4n) is 1.40. The van der Waals surface area contributed by atoms with E-state index >= 15 is 0 Å². The Morgan fingerprint density at radius 2 is 2.00 bits per heavy atom. The van der Waals surface area contributed by atoms with Gasteiger partial charge in [-0.1, -0.05) is 6.07 Å². The molecule has 0 radical (unpaired) electrons. The standard InChI is InChI=1S/C11H13BrF3NO.ClH/c1-17-10-3-2-7(6-8(10)12)9(16)4-5-11(13,14)15;/h2-3,6,9H,4-5,16H2,1H3;1H/t9-;/m0./s1. The van der Waals surface area contributed by atoms with Crippen molar-refractivity contribution in [3.8, 4) is 5.75 Å². The van der Waals surface area contributed by atoms with Crippen LogP contribution in [0.1, 0.15) is 24.4 Å². The number of nitrogens with two attached hydrogens (primary N) is 1. The smallest absolute Gasteiger partial charge is 0.389 e. The van der Waals surface area contributed by atoms with Crippen LogP contribution in [0.25, 0.3) is 0 Å². The molecule has 2 nitrogen and oxygen atoms in total. The molecule has 1 atom stereocenters. The number of benzene rings is 1. The highest BCUT2D eigenvalue weighted by Gasteiger charge is 2.27. The number of rotatable bonds is 4. The van der Waals surface area contributed by atoms with Crippen molar-refractivity contribution in [2.75, 3.05) is 7.11 Å². The van der Waals surface area contributed by atoms with Gasteiger partial charge in [0.1, 0.15) is 5.75 Å². The van der Waals surface area contributed by atoms with Gasteiger partial charge < -0.3 is 10.5 Å². The molecule has 0 bridgehead atoms. The lowest BCUT2D eigenvalue weighted by Gasteiger charge is -2.14. The average Bonchev–Trinajstić information content (AvgIpc) is 2.24. The maximum atomic E-state index is 12.0. The lowest BCUT2D eigenvalue weighted by Crippen LogP contribution is -2.15. The Balaban J connectivity index is 0.00000289. The molecule has 0 amide bonds. The molecule has 0 aliphatic heterocycles. The van der Waals surface area contributed by atoms with Crippen molar-refractivity contribution >= 4 is 28.3 Å². The van der Waals surface area contributed by atoms with Crippen LogP contribution >= 0.6 is 28.3 Å². The summed E-state index contributed by atoms with van der Waals surface area (Å²) >= 11 is 3.26. The highest BCUT2D eigenvalue weighted by Crippen LogP contribution is 2.30. The highest BCUT2D eigenvalue weighted by atomic mass is 79.9. The first-order chi connectivity index (χ1) is 7.83. The number of alkyl halides is 3. The fourth-order valence-corrected chi connectivity index (χ4v) is 1.96. The van der Waals surface area contributed by atoms with Gasteiger partial charge in [0.2, 0.25) is 0 Å². The van der Waals surface area contributed by atoms with Crippen LogP contribution in [-0.2, 0) is 0 Å². The lowest BCUT2D eigenvalue weighted by atomic mass is 10.0. The quantitative estimate of drug-likeness (QED) is 0.884. The molecule has 0 fully saturated rings. The van der Waals surface area contributed by atoms with Crippen molar-refractivity contribution in [1.82, 2.24) is 0 Å². The van der Waals surface area contributed by atoms with Gasteiger partial charge in [-0.25, -0.2) is 0 Å². The zero-order chi connectivity index (χ0) is 13.1. The molecule has 0 unspecified atom stereocenters. The summed E-state index contributed by atoms with van der Waals surface area (Å²) in [4.78, 5) is 0. The maximum absolute atomic E-state index is 12.0. The summed E-state index contributed by atoms with van der Waals surface area (Å²) in [6.45, 7) is 0. The summed E-state index contributed by atoms with van der Waals surface area (Å²) in [5.41, 5.74) is 6.36. The van der Waals surface area contributed by atoms with Gasteiger partial charge in [0, 0.05) is 12.5 Å². The molecule has 0 saturated heterocycles. The van der Waals surface area contributed by atoms with Gasteiger partial charge >= 0.3 is 6.18 Å². The summed E-state index contributed by atoms with van der Waals surface area (Å²) in [5.74, 6) is 0.622. The average molecular weight is 349 g/mol. The van der Waals surface area contributed by atoms with Gasteiger partial charge in [0.25, 0.3) is 0 Å². The minimum absolute atomic E-state index is 0. The molecule has 0 aliphatic rings. The van der Waals surface area contributed by atoms with Crippen molar-refractivity contribution in [1.29, 1.82) is 0 Å². The Morgan fingerprint density at radius 3 is 2.44 bits per heavy atom. The minimum Gasteiger partial charge on any atom is -0.496 e. The van der Waals surface area contributed by atoms with Crippen LogP contribution in [0.15, 0.2) is 22.7 Å². The Hall–Kier alpha value is -0.460. The van der Waals surface area contributed by atoms with E-state index in [-0.39, 0.29) is 18.8 Å². The van der Waals surface area contributed by atoms with Crippen molar-refractivity contribution in [2.24, 2.45) is 5.73 Å². The predicted octanol–water partition coefficient (Wildman–Crippen LogP) is 4.22. The second-order valence-electron chi connectivity index (χ2n) is 3.65. The van der Waals surface area contributed by atoms with E-state index in [2.05, 4.69) is 15.9 Å². The van der Waals surface area contributed by atoms with Crippen molar-refractivity contribution in [3.05, 3.63) is 28.2 Å². The van der Waals surface area contributed by atoms with E-state index in [1.807, 2.05) is 0 Å².